The molecule has 216 valence electrons. The quantitative estimate of drug-likeness (QED) is 0.155. The van der Waals surface area contributed by atoms with Gasteiger partial charge in [-0.15, -0.1) is 0 Å². The van der Waals surface area contributed by atoms with E-state index in [0.717, 1.165) is 40.9 Å². The molecule has 4 aromatic rings. The minimum absolute atomic E-state index is 0.00891. The van der Waals surface area contributed by atoms with Gasteiger partial charge in [0, 0.05) is 62.1 Å². The molecule has 0 aliphatic rings. The van der Waals surface area contributed by atoms with E-state index in [2.05, 4.69) is 102 Å². The molecule has 0 atom stereocenters. The van der Waals surface area contributed by atoms with Gasteiger partial charge >= 0.3 is 0 Å². The second-order valence-corrected chi connectivity index (χ2v) is 12.7. The summed E-state index contributed by atoms with van der Waals surface area (Å²) >= 11 is 0. The topological polar surface area (TPSA) is 87.6 Å². The van der Waals surface area contributed by atoms with Crippen molar-refractivity contribution in [3.8, 4) is 17.0 Å². The summed E-state index contributed by atoms with van der Waals surface area (Å²) < 4.78 is 7.91. The van der Waals surface area contributed by atoms with Gasteiger partial charge in [0.1, 0.15) is 52.8 Å². The molecule has 0 saturated heterocycles. The number of hydrogen-bond donors (Lipinski definition) is 2. The number of hydrogen-bond acceptors (Lipinski definition) is 7. The maximum atomic E-state index is 12.5. The molecule has 1 amide bonds. The molecular formula is C28H39B6N7O2. The first-order chi connectivity index (χ1) is 20.2. The molecule has 0 radical (unpaired) electrons. The number of fused-ring (bicyclic) bond motifs is 1. The molecule has 0 aliphatic heterocycles. The van der Waals surface area contributed by atoms with Crippen LogP contribution in [0.25, 0.3) is 22.2 Å². The Morgan fingerprint density at radius 2 is 1.77 bits per heavy atom. The second-order valence-electron chi connectivity index (χ2n) is 12.7. The molecule has 2 heterocycles. The summed E-state index contributed by atoms with van der Waals surface area (Å²) in [5, 5.41) is 7.39. The third-order valence-electron chi connectivity index (χ3n) is 7.53. The van der Waals surface area contributed by atoms with Crippen LogP contribution < -0.4 is 20.3 Å². The normalized spacial score (nSPS) is 11.8. The predicted molar refractivity (Wildman–Crippen MR) is 196 cm³/mol. The van der Waals surface area contributed by atoms with Crippen molar-refractivity contribution in [2.75, 3.05) is 42.8 Å². The van der Waals surface area contributed by atoms with Gasteiger partial charge in [-0.05, 0) is 24.3 Å². The Morgan fingerprint density at radius 3 is 2.42 bits per heavy atom. The SMILES string of the molecule is BC(B)(B)N(CCN(C)c1cc(OC)c(Nc2nccc(-c3cn(C)c4ccccc34)n2)cc1NC(=O)C=C)C(B)(B)B. The van der Waals surface area contributed by atoms with Crippen molar-refractivity contribution >= 4 is 86.9 Å². The number of ether oxygens (including phenoxy) is 1. The van der Waals surface area contributed by atoms with E-state index in [4.69, 9.17) is 9.72 Å². The number of carbonyl (C=O) groups is 1. The summed E-state index contributed by atoms with van der Waals surface area (Å²) in [6.07, 6.45) is 5.07. The number of nitrogens with one attached hydrogen (secondary N) is 2. The van der Waals surface area contributed by atoms with E-state index in [0.29, 0.717) is 23.1 Å². The number of para-hydroxylation sites is 1. The van der Waals surface area contributed by atoms with Crippen molar-refractivity contribution in [3.63, 3.8) is 0 Å². The van der Waals surface area contributed by atoms with E-state index < -0.39 is 0 Å². The second kappa shape index (κ2) is 12.7. The molecule has 15 heteroatoms. The van der Waals surface area contributed by atoms with Gasteiger partial charge in [-0.25, -0.2) is 9.97 Å². The van der Waals surface area contributed by atoms with E-state index in [1.165, 1.54) is 6.08 Å². The fraction of sp³-hybridized carbons (Fsp3) is 0.250. The lowest BCUT2D eigenvalue weighted by molar-refractivity contribution is -0.111. The van der Waals surface area contributed by atoms with Crippen LogP contribution in [0.2, 0.25) is 0 Å². The van der Waals surface area contributed by atoms with Crippen molar-refractivity contribution in [2.45, 2.75) is 10.5 Å². The molecule has 0 fully saturated rings. The van der Waals surface area contributed by atoms with Crippen LogP contribution in [0.5, 0.6) is 5.75 Å². The van der Waals surface area contributed by atoms with Crippen LogP contribution in [0.3, 0.4) is 0 Å². The van der Waals surface area contributed by atoms with Crippen LogP contribution in [0.4, 0.5) is 23.0 Å². The molecule has 43 heavy (non-hydrogen) atoms. The largest absolute Gasteiger partial charge is 0.494 e. The number of aryl methyl sites for hydroxylation is 1. The smallest absolute Gasteiger partial charge is 0.247 e. The zero-order valence-corrected chi connectivity index (χ0v) is 26.9. The molecule has 2 aromatic carbocycles. The third-order valence-corrected chi connectivity index (χ3v) is 7.53. The molecule has 2 N–H and O–H groups in total. The average molecular weight is 571 g/mol. The number of likely N-dealkylation sites (N-methyl/N-ethyl adjacent to an activating group) is 1. The van der Waals surface area contributed by atoms with Gasteiger partial charge in [-0.3, -0.25) is 4.79 Å². The Kier molecular flexibility index (Phi) is 9.44. The Labute approximate surface area is 260 Å². The number of benzene rings is 2. The third kappa shape index (κ3) is 7.33. The fourth-order valence-corrected chi connectivity index (χ4v) is 5.72. The Hall–Kier alpha value is -3.98. The minimum atomic E-state index is -0.300. The maximum Gasteiger partial charge on any atom is 0.247 e. The number of amides is 1. The van der Waals surface area contributed by atoms with Crippen LogP contribution in [-0.4, -0.2) is 110 Å². The molecule has 0 spiro atoms. The number of methoxy groups -OCH3 is 1. The van der Waals surface area contributed by atoms with Crippen molar-refractivity contribution in [2.24, 2.45) is 7.05 Å². The summed E-state index contributed by atoms with van der Waals surface area (Å²) in [5.41, 5.74) is 5.02. The average Bonchev–Trinajstić information content (AvgIpc) is 3.28. The number of rotatable bonds is 12. The lowest BCUT2D eigenvalue weighted by Crippen LogP contribution is -2.64. The summed E-state index contributed by atoms with van der Waals surface area (Å²) in [5.74, 6) is 0.712. The highest BCUT2D eigenvalue weighted by Gasteiger charge is 2.31. The maximum absolute atomic E-state index is 12.5. The van der Waals surface area contributed by atoms with Crippen molar-refractivity contribution in [3.05, 3.63) is 67.5 Å². The van der Waals surface area contributed by atoms with Gasteiger partial charge < -0.3 is 29.7 Å². The van der Waals surface area contributed by atoms with Crippen molar-refractivity contribution < 1.29 is 9.53 Å². The van der Waals surface area contributed by atoms with E-state index in [1.54, 1.807) is 13.3 Å². The van der Waals surface area contributed by atoms with Gasteiger partial charge in [0.15, 0.2) is 0 Å². The van der Waals surface area contributed by atoms with Crippen molar-refractivity contribution in [1.29, 1.82) is 0 Å². The van der Waals surface area contributed by atoms with E-state index >= 15 is 0 Å². The minimum Gasteiger partial charge on any atom is -0.494 e. The lowest BCUT2D eigenvalue weighted by atomic mass is 9.40. The Bertz CT molecular complexity index is 1620. The molecule has 0 bridgehead atoms. The van der Waals surface area contributed by atoms with E-state index in [-0.39, 0.29) is 16.4 Å². The first-order valence-corrected chi connectivity index (χ1v) is 14.5. The fourth-order valence-electron chi connectivity index (χ4n) is 5.72. The monoisotopic (exact) mass is 571 g/mol. The molecule has 0 aliphatic carbocycles. The predicted octanol–water partition coefficient (Wildman–Crippen LogP) is -1.73. The number of anilines is 4. The zero-order chi connectivity index (χ0) is 31.5. The first kappa shape index (κ1) is 31.9. The summed E-state index contributed by atoms with van der Waals surface area (Å²) in [7, 11) is 19.1. The van der Waals surface area contributed by atoms with Gasteiger partial charge in [-0.1, -0.05) is 35.3 Å². The first-order valence-electron chi connectivity index (χ1n) is 14.5. The number of aromatic nitrogens is 3. The highest BCUT2D eigenvalue weighted by atomic mass is 16.5. The van der Waals surface area contributed by atoms with E-state index in [9.17, 15) is 4.79 Å². The number of carbonyl (C=O) groups excluding carboxylic acids is 1. The zero-order valence-electron chi connectivity index (χ0n) is 26.9. The molecule has 0 unspecified atom stereocenters. The number of nitrogens with zero attached hydrogens (tertiary/aromatic N) is 5. The van der Waals surface area contributed by atoms with Crippen LogP contribution in [0, 0.1) is 0 Å². The summed E-state index contributed by atoms with van der Waals surface area (Å²) in [6, 6.07) is 13.9. The Balaban J connectivity index is 1.68. The highest BCUT2D eigenvalue weighted by molar-refractivity contribution is 6.63. The van der Waals surface area contributed by atoms with Crippen LogP contribution in [0.1, 0.15) is 0 Å². The summed E-state index contributed by atoms with van der Waals surface area (Å²) in [6.45, 7) is 5.20. The summed E-state index contributed by atoms with van der Waals surface area (Å²) in [4.78, 5) is 26.4. The van der Waals surface area contributed by atoms with Crippen molar-refractivity contribution in [1.82, 2.24) is 19.4 Å². The Morgan fingerprint density at radius 1 is 1.07 bits per heavy atom. The van der Waals surface area contributed by atoms with Crippen LogP contribution >= 0.6 is 0 Å². The van der Waals surface area contributed by atoms with Gasteiger partial charge in [0.05, 0.1) is 29.9 Å². The van der Waals surface area contributed by atoms with Gasteiger partial charge in [0.25, 0.3) is 0 Å². The van der Waals surface area contributed by atoms with Gasteiger partial charge in [-0.2, -0.15) is 0 Å². The van der Waals surface area contributed by atoms with Crippen LogP contribution in [0.15, 0.2) is 67.5 Å². The molecule has 2 aromatic heterocycles. The highest BCUT2D eigenvalue weighted by Crippen LogP contribution is 2.38. The molecule has 4 rings (SSSR count). The molecule has 9 nitrogen and oxygen atoms in total. The molecule has 0 saturated carbocycles. The lowest BCUT2D eigenvalue weighted by Gasteiger charge is -2.47. The van der Waals surface area contributed by atoms with Gasteiger partial charge in [0.2, 0.25) is 11.9 Å². The standard InChI is InChI=1S/C28H39B6N7O2/c1-5-25(42)36-20-14-21(24(43-4)15-23(20)39(2)12-13-41(27(29,30)31)28(32,33)34)38-26-35-11-10-19(37-26)18-16-40(3)22-9-7-6-8-17(18)22/h5-11,14-16H,1,12-13,29-34H2,2-4H3,(H,36,42)(H,35,37,38). The van der Waals surface area contributed by atoms with E-state index in [1.807, 2.05) is 44.4 Å². The molecular weight excluding hydrogens is 531 g/mol. The van der Waals surface area contributed by atoms with Crippen LogP contribution in [-0.2, 0) is 11.8 Å².